The van der Waals surface area contributed by atoms with E-state index in [0.717, 1.165) is 19.4 Å². The molecule has 0 unspecified atom stereocenters. The van der Waals surface area contributed by atoms with Crippen molar-refractivity contribution in [2.24, 2.45) is 11.1 Å². The van der Waals surface area contributed by atoms with Gasteiger partial charge in [0.2, 0.25) is 10.0 Å². The summed E-state index contributed by atoms with van der Waals surface area (Å²) in [5.74, 6) is 0.418. The number of benzene rings is 1. The van der Waals surface area contributed by atoms with Crippen LogP contribution in [0.4, 0.5) is 0 Å². The number of amides is 1. The number of nitrogens with zero attached hydrogens (tertiary/aromatic N) is 1. The molecule has 0 heterocycles. The zero-order chi connectivity index (χ0) is 15.6. The maximum Gasteiger partial charge on any atom is 0.253 e. The van der Waals surface area contributed by atoms with Crippen molar-refractivity contribution in [3.05, 3.63) is 29.3 Å². The Morgan fingerprint density at radius 2 is 2.05 bits per heavy atom. The molecule has 21 heavy (non-hydrogen) atoms. The monoisotopic (exact) mass is 310 g/mol. The van der Waals surface area contributed by atoms with Gasteiger partial charge < -0.3 is 4.90 Å². The molecule has 0 aromatic heterocycles. The number of carbonyl (C=O) groups excluding carboxylic acids is 1. The van der Waals surface area contributed by atoms with E-state index in [1.807, 2.05) is 6.92 Å². The number of hydrogen-bond acceptors (Lipinski definition) is 3. The van der Waals surface area contributed by atoms with E-state index in [9.17, 15) is 13.2 Å². The Labute approximate surface area is 126 Å². The van der Waals surface area contributed by atoms with E-state index >= 15 is 0 Å². The highest BCUT2D eigenvalue weighted by Gasteiger charge is 2.23. The molecule has 0 saturated heterocycles. The highest BCUT2D eigenvalue weighted by Crippen LogP contribution is 2.27. The second-order valence-electron chi connectivity index (χ2n) is 5.70. The molecule has 116 valence electrons. The first-order valence-electron chi connectivity index (χ1n) is 7.24. The van der Waals surface area contributed by atoms with Crippen LogP contribution >= 0.6 is 0 Å². The van der Waals surface area contributed by atoms with Crippen molar-refractivity contribution in [3.63, 3.8) is 0 Å². The summed E-state index contributed by atoms with van der Waals surface area (Å²) in [4.78, 5) is 14.1. The quantitative estimate of drug-likeness (QED) is 0.900. The van der Waals surface area contributed by atoms with Gasteiger partial charge in [0, 0.05) is 19.2 Å². The van der Waals surface area contributed by atoms with E-state index in [1.165, 1.54) is 12.5 Å². The number of rotatable bonds is 5. The number of sulfonamides is 1. The van der Waals surface area contributed by atoms with Crippen molar-refractivity contribution in [2.75, 3.05) is 13.6 Å². The molecule has 0 atom stereocenters. The van der Waals surface area contributed by atoms with Gasteiger partial charge in [-0.15, -0.1) is 0 Å². The zero-order valence-electron chi connectivity index (χ0n) is 12.5. The summed E-state index contributed by atoms with van der Waals surface area (Å²) in [7, 11) is -2.06. The fourth-order valence-electron chi connectivity index (χ4n) is 2.61. The first-order chi connectivity index (χ1) is 9.82. The minimum atomic E-state index is -3.81. The number of carbonyl (C=O) groups is 1. The van der Waals surface area contributed by atoms with E-state index in [4.69, 9.17) is 5.14 Å². The van der Waals surface area contributed by atoms with E-state index in [0.29, 0.717) is 23.5 Å². The predicted octanol–water partition coefficient (Wildman–Crippen LogP) is 1.77. The first kappa shape index (κ1) is 16.0. The molecule has 0 spiro atoms. The lowest BCUT2D eigenvalue weighted by atomic mass is 9.85. The van der Waals surface area contributed by atoms with Gasteiger partial charge in [-0.25, -0.2) is 13.6 Å². The standard InChI is InChI=1S/C15H22N2O3S/c1-3-12-7-8-13(9-14(12)21(16,19)20)15(18)17(2)10-11-5-4-6-11/h7-9,11H,3-6,10H2,1-2H3,(H2,16,19,20). The number of aryl methyl sites for hydroxylation is 1. The van der Waals surface area contributed by atoms with Crippen molar-refractivity contribution < 1.29 is 13.2 Å². The molecular formula is C15H22N2O3S. The molecule has 2 rings (SSSR count). The summed E-state index contributed by atoms with van der Waals surface area (Å²) < 4.78 is 23.3. The van der Waals surface area contributed by atoms with Gasteiger partial charge in [0.1, 0.15) is 0 Å². The molecule has 5 nitrogen and oxygen atoms in total. The average molecular weight is 310 g/mol. The van der Waals surface area contributed by atoms with Crippen molar-refractivity contribution in [1.82, 2.24) is 4.90 Å². The second kappa shape index (κ2) is 6.15. The normalized spacial score (nSPS) is 15.6. The Balaban J connectivity index is 2.24. The number of hydrogen-bond donors (Lipinski definition) is 1. The van der Waals surface area contributed by atoms with Crippen LogP contribution in [0, 0.1) is 5.92 Å². The largest absolute Gasteiger partial charge is 0.341 e. The Kier molecular flexibility index (Phi) is 4.68. The molecule has 1 aromatic rings. The van der Waals surface area contributed by atoms with E-state index in [2.05, 4.69) is 0 Å². The van der Waals surface area contributed by atoms with Crippen LogP contribution in [0.5, 0.6) is 0 Å². The Hall–Kier alpha value is -1.40. The lowest BCUT2D eigenvalue weighted by Crippen LogP contribution is -2.34. The molecule has 1 saturated carbocycles. The lowest BCUT2D eigenvalue weighted by Gasteiger charge is -2.30. The predicted molar refractivity (Wildman–Crippen MR) is 81.5 cm³/mol. The second-order valence-corrected chi connectivity index (χ2v) is 7.23. The summed E-state index contributed by atoms with van der Waals surface area (Å²) in [6.45, 7) is 2.58. The third-order valence-corrected chi connectivity index (χ3v) is 5.10. The van der Waals surface area contributed by atoms with Crippen LogP contribution in [-0.4, -0.2) is 32.8 Å². The van der Waals surface area contributed by atoms with Crippen LogP contribution < -0.4 is 5.14 Å². The van der Waals surface area contributed by atoms with Gasteiger partial charge >= 0.3 is 0 Å². The summed E-state index contributed by atoms with van der Waals surface area (Å²) in [6, 6.07) is 4.74. The molecule has 2 N–H and O–H groups in total. The van der Waals surface area contributed by atoms with Gasteiger partial charge in [0.25, 0.3) is 5.91 Å². The van der Waals surface area contributed by atoms with E-state index in [-0.39, 0.29) is 10.8 Å². The maximum absolute atomic E-state index is 12.4. The molecule has 1 aromatic carbocycles. The van der Waals surface area contributed by atoms with Crippen LogP contribution in [0.25, 0.3) is 0 Å². The Morgan fingerprint density at radius 3 is 2.52 bits per heavy atom. The van der Waals surface area contributed by atoms with Gasteiger partial charge in [0.05, 0.1) is 4.90 Å². The summed E-state index contributed by atoms with van der Waals surface area (Å²) in [5, 5.41) is 5.24. The highest BCUT2D eigenvalue weighted by molar-refractivity contribution is 7.89. The molecule has 1 amide bonds. The third kappa shape index (κ3) is 3.63. The smallest absolute Gasteiger partial charge is 0.253 e. The van der Waals surface area contributed by atoms with Gasteiger partial charge in [-0.05, 0) is 42.9 Å². The molecular weight excluding hydrogens is 288 g/mol. The van der Waals surface area contributed by atoms with Crippen molar-refractivity contribution in [1.29, 1.82) is 0 Å². The molecule has 1 aliphatic carbocycles. The van der Waals surface area contributed by atoms with Crippen molar-refractivity contribution >= 4 is 15.9 Å². The van der Waals surface area contributed by atoms with Crippen LogP contribution in [0.1, 0.15) is 42.1 Å². The number of nitrogens with two attached hydrogens (primary N) is 1. The molecule has 0 radical (unpaired) electrons. The van der Waals surface area contributed by atoms with Crippen molar-refractivity contribution in [3.8, 4) is 0 Å². The van der Waals surface area contributed by atoms with Crippen LogP contribution in [0.3, 0.4) is 0 Å². The third-order valence-electron chi connectivity index (χ3n) is 4.11. The van der Waals surface area contributed by atoms with Crippen LogP contribution in [0.15, 0.2) is 23.1 Å². The Bertz CT molecular complexity index is 636. The minimum Gasteiger partial charge on any atom is -0.341 e. The molecule has 1 aliphatic rings. The van der Waals surface area contributed by atoms with Crippen molar-refractivity contribution in [2.45, 2.75) is 37.5 Å². The number of primary sulfonamides is 1. The lowest BCUT2D eigenvalue weighted by molar-refractivity contribution is 0.0745. The van der Waals surface area contributed by atoms with E-state index in [1.54, 1.807) is 24.1 Å². The Morgan fingerprint density at radius 1 is 1.38 bits per heavy atom. The van der Waals surface area contributed by atoms with E-state index < -0.39 is 10.0 Å². The zero-order valence-corrected chi connectivity index (χ0v) is 13.3. The highest BCUT2D eigenvalue weighted by atomic mass is 32.2. The fourth-order valence-corrected chi connectivity index (χ4v) is 3.48. The van der Waals surface area contributed by atoms with Gasteiger partial charge in [-0.3, -0.25) is 4.79 Å². The average Bonchev–Trinajstić information content (AvgIpc) is 2.40. The van der Waals surface area contributed by atoms with Gasteiger partial charge in [0.15, 0.2) is 0 Å². The maximum atomic E-state index is 12.4. The molecule has 1 fully saturated rings. The SMILES string of the molecule is CCc1ccc(C(=O)N(C)CC2CCC2)cc1S(N)(=O)=O. The van der Waals surface area contributed by atoms with Gasteiger partial charge in [-0.2, -0.15) is 0 Å². The topological polar surface area (TPSA) is 80.5 Å². The minimum absolute atomic E-state index is 0.0490. The summed E-state index contributed by atoms with van der Waals surface area (Å²) >= 11 is 0. The molecule has 0 aliphatic heterocycles. The fraction of sp³-hybridized carbons (Fsp3) is 0.533. The summed E-state index contributed by atoms with van der Waals surface area (Å²) in [5.41, 5.74) is 1.01. The van der Waals surface area contributed by atoms with Gasteiger partial charge in [-0.1, -0.05) is 19.4 Å². The summed E-state index contributed by atoms with van der Waals surface area (Å²) in [6.07, 6.45) is 4.11. The van der Waals surface area contributed by atoms with Crippen LogP contribution in [-0.2, 0) is 16.4 Å². The molecule has 6 heteroatoms. The molecule has 0 bridgehead atoms. The first-order valence-corrected chi connectivity index (χ1v) is 8.78. The van der Waals surface area contributed by atoms with Crippen LogP contribution in [0.2, 0.25) is 0 Å².